The first-order valence-electron chi connectivity index (χ1n) is 3.29. The van der Waals surface area contributed by atoms with E-state index in [0.29, 0.717) is 0 Å². The van der Waals surface area contributed by atoms with Crippen LogP contribution in [0.4, 0.5) is 0 Å². The van der Waals surface area contributed by atoms with Gasteiger partial charge in [0.25, 0.3) is 0 Å². The van der Waals surface area contributed by atoms with Gasteiger partial charge >= 0.3 is 0 Å². The average Bonchev–Trinajstić information content (AvgIpc) is 2.50. The van der Waals surface area contributed by atoms with E-state index in [9.17, 15) is 0 Å². The van der Waals surface area contributed by atoms with Crippen molar-refractivity contribution in [2.45, 2.75) is 6.04 Å². The minimum absolute atomic E-state index is 0.107. The van der Waals surface area contributed by atoms with Crippen LogP contribution in [0.15, 0.2) is 24.1 Å². The first kappa shape index (κ1) is 8.30. The van der Waals surface area contributed by atoms with Gasteiger partial charge in [0.05, 0.1) is 18.0 Å². The summed E-state index contributed by atoms with van der Waals surface area (Å²) >= 11 is 1.59. The Morgan fingerprint density at radius 1 is 1.82 bits per heavy atom. The van der Waals surface area contributed by atoms with Crippen molar-refractivity contribution in [3.05, 3.63) is 29.0 Å². The standard InChI is InChI=1S/C8H11NOS/c1-3-6(9)8-7(10-2)4-5-11-8/h3-6H,1,9H2,2H3. The van der Waals surface area contributed by atoms with Crippen LogP contribution in [0, 0.1) is 0 Å². The molecule has 0 radical (unpaired) electrons. The van der Waals surface area contributed by atoms with Gasteiger partial charge in [-0.3, -0.25) is 0 Å². The minimum atomic E-state index is -0.107. The van der Waals surface area contributed by atoms with Crippen LogP contribution in [0.1, 0.15) is 10.9 Å². The number of hydrogen-bond acceptors (Lipinski definition) is 3. The first-order chi connectivity index (χ1) is 5.29. The van der Waals surface area contributed by atoms with Gasteiger partial charge in [-0.25, -0.2) is 0 Å². The summed E-state index contributed by atoms with van der Waals surface area (Å²) in [7, 11) is 1.64. The van der Waals surface area contributed by atoms with Crippen molar-refractivity contribution in [2.75, 3.05) is 7.11 Å². The fourth-order valence-corrected chi connectivity index (χ4v) is 1.69. The third-order valence-corrected chi connectivity index (χ3v) is 2.43. The molecule has 3 heteroatoms. The molecule has 2 N–H and O–H groups in total. The quantitative estimate of drug-likeness (QED) is 0.702. The van der Waals surface area contributed by atoms with E-state index < -0.39 is 0 Å². The molecule has 0 spiro atoms. The normalized spacial score (nSPS) is 12.5. The zero-order chi connectivity index (χ0) is 8.27. The Morgan fingerprint density at radius 3 is 3.09 bits per heavy atom. The molecule has 1 aromatic heterocycles. The van der Waals surface area contributed by atoms with Gasteiger partial charge in [-0.1, -0.05) is 6.08 Å². The van der Waals surface area contributed by atoms with Gasteiger partial charge in [-0.2, -0.15) is 0 Å². The van der Waals surface area contributed by atoms with E-state index in [-0.39, 0.29) is 6.04 Å². The van der Waals surface area contributed by atoms with Crippen molar-refractivity contribution >= 4 is 11.3 Å². The van der Waals surface area contributed by atoms with E-state index in [0.717, 1.165) is 10.6 Å². The van der Waals surface area contributed by atoms with Gasteiger partial charge < -0.3 is 10.5 Å². The van der Waals surface area contributed by atoms with Crippen LogP contribution in [-0.4, -0.2) is 7.11 Å². The lowest BCUT2D eigenvalue weighted by atomic mass is 10.2. The Bertz CT molecular complexity index is 244. The minimum Gasteiger partial charge on any atom is -0.496 e. The van der Waals surface area contributed by atoms with Crippen molar-refractivity contribution in [1.29, 1.82) is 0 Å². The fraction of sp³-hybridized carbons (Fsp3) is 0.250. The Balaban J connectivity index is 2.91. The van der Waals surface area contributed by atoms with Crippen molar-refractivity contribution in [1.82, 2.24) is 0 Å². The maximum absolute atomic E-state index is 5.73. The molecule has 0 saturated carbocycles. The third-order valence-electron chi connectivity index (χ3n) is 1.43. The summed E-state index contributed by atoms with van der Waals surface area (Å²) in [5.41, 5.74) is 5.73. The van der Waals surface area contributed by atoms with Gasteiger partial charge in [-0.15, -0.1) is 17.9 Å². The van der Waals surface area contributed by atoms with Crippen molar-refractivity contribution < 1.29 is 4.74 Å². The van der Waals surface area contributed by atoms with E-state index in [1.807, 2.05) is 11.4 Å². The van der Waals surface area contributed by atoms with Gasteiger partial charge in [0.1, 0.15) is 5.75 Å². The lowest BCUT2D eigenvalue weighted by Gasteiger charge is -2.05. The van der Waals surface area contributed by atoms with E-state index in [2.05, 4.69) is 6.58 Å². The SMILES string of the molecule is C=CC(N)c1sccc1OC. The lowest BCUT2D eigenvalue weighted by molar-refractivity contribution is 0.411. The van der Waals surface area contributed by atoms with Crippen molar-refractivity contribution in [3.63, 3.8) is 0 Å². The van der Waals surface area contributed by atoms with Gasteiger partial charge in [0, 0.05) is 0 Å². The molecule has 0 fully saturated rings. The van der Waals surface area contributed by atoms with Crippen LogP contribution in [0.5, 0.6) is 5.75 Å². The number of hydrogen-bond donors (Lipinski definition) is 1. The maximum atomic E-state index is 5.73. The summed E-state index contributed by atoms with van der Waals surface area (Å²) in [4.78, 5) is 1.03. The highest BCUT2D eigenvalue weighted by atomic mass is 32.1. The highest BCUT2D eigenvalue weighted by Gasteiger charge is 2.08. The number of thiophene rings is 1. The summed E-state index contributed by atoms with van der Waals surface area (Å²) in [6.07, 6.45) is 1.70. The van der Waals surface area contributed by atoms with E-state index in [1.165, 1.54) is 0 Å². The zero-order valence-corrected chi connectivity index (χ0v) is 7.23. The Kier molecular flexibility index (Phi) is 2.68. The molecular weight excluding hydrogens is 158 g/mol. The van der Waals surface area contributed by atoms with Crippen molar-refractivity contribution in [3.8, 4) is 5.75 Å². The van der Waals surface area contributed by atoms with Gasteiger partial charge in [-0.05, 0) is 11.4 Å². The van der Waals surface area contributed by atoms with Crippen LogP contribution < -0.4 is 10.5 Å². The maximum Gasteiger partial charge on any atom is 0.134 e. The molecule has 1 heterocycles. The summed E-state index contributed by atoms with van der Waals surface area (Å²) < 4.78 is 5.09. The molecule has 1 aromatic rings. The average molecular weight is 169 g/mol. The molecular formula is C8H11NOS. The van der Waals surface area contributed by atoms with E-state index in [1.54, 1.807) is 24.5 Å². The molecule has 60 valence electrons. The monoisotopic (exact) mass is 169 g/mol. The van der Waals surface area contributed by atoms with Crippen molar-refractivity contribution in [2.24, 2.45) is 5.73 Å². The number of ether oxygens (including phenoxy) is 1. The Labute approximate surface area is 70.3 Å². The van der Waals surface area contributed by atoms with Crippen LogP contribution in [0.2, 0.25) is 0 Å². The molecule has 0 aliphatic heterocycles. The van der Waals surface area contributed by atoms with E-state index in [4.69, 9.17) is 10.5 Å². The van der Waals surface area contributed by atoms with Crippen LogP contribution >= 0.6 is 11.3 Å². The second-order valence-electron chi connectivity index (χ2n) is 2.11. The predicted octanol–water partition coefficient (Wildman–Crippen LogP) is 1.94. The highest BCUT2D eigenvalue weighted by molar-refractivity contribution is 7.10. The molecule has 0 aromatic carbocycles. The summed E-state index contributed by atoms with van der Waals surface area (Å²) in [5, 5.41) is 1.96. The Morgan fingerprint density at radius 2 is 2.55 bits per heavy atom. The number of nitrogens with two attached hydrogens (primary N) is 1. The van der Waals surface area contributed by atoms with Crippen LogP contribution in [0.3, 0.4) is 0 Å². The number of methoxy groups -OCH3 is 1. The topological polar surface area (TPSA) is 35.2 Å². The van der Waals surface area contributed by atoms with Gasteiger partial charge in [0.2, 0.25) is 0 Å². The lowest BCUT2D eigenvalue weighted by Crippen LogP contribution is -2.05. The summed E-state index contributed by atoms with van der Waals surface area (Å²) in [6, 6.07) is 1.80. The first-order valence-corrected chi connectivity index (χ1v) is 4.17. The smallest absolute Gasteiger partial charge is 0.134 e. The molecule has 11 heavy (non-hydrogen) atoms. The Hall–Kier alpha value is -0.800. The molecule has 0 aliphatic rings. The number of rotatable bonds is 3. The van der Waals surface area contributed by atoms with E-state index >= 15 is 0 Å². The second-order valence-corrected chi connectivity index (χ2v) is 3.06. The molecule has 1 atom stereocenters. The third kappa shape index (κ3) is 1.61. The van der Waals surface area contributed by atoms with Crippen LogP contribution in [-0.2, 0) is 0 Å². The molecule has 2 nitrogen and oxygen atoms in total. The summed E-state index contributed by atoms with van der Waals surface area (Å²) in [5.74, 6) is 0.849. The predicted molar refractivity (Wildman–Crippen MR) is 48.0 cm³/mol. The fourth-order valence-electron chi connectivity index (χ4n) is 0.828. The zero-order valence-electron chi connectivity index (χ0n) is 6.41. The largest absolute Gasteiger partial charge is 0.496 e. The molecule has 0 aliphatic carbocycles. The molecule has 0 bridgehead atoms. The summed E-state index contributed by atoms with van der Waals surface area (Å²) in [6.45, 7) is 3.62. The van der Waals surface area contributed by atoms with Gasteiger partial charge in [0.15, 0.2) is 0 Å². The molecule has 1 unspecified atom stereocenters. The molecule has 0 saturated heterocycles. The highest BCUT2D eigenvalue weighted by Crippen LogP contribution is 2.29. The molecule has 1 rings (SSSR count). The molecule has 0 amide bonds. The second kappa shape index (κ2) is 3.55. The van der Waals surface area contributed by atoms with Crippen LogP contribution in [0.25, 0.3) is 0 Å².